The highest BCUT2D eigenvalue weighted by Crippen LogP contribution is 2.50. The number of halogens is 5. The summed E-state index contributed by atoms with van der Waals surface area (Å²) in [4.78, 5) is 25.7. The molecule has 0 bridgehead atoms. The molecule has 0 saturated carbocycles. The van der Waals surface area contributed by atoms with Crippen molar-refractivity contribution in [1.82, 2.24) is 15.1 Å². The number of sulfonamides is 1. The van der Waals surface area contributed by atoms with Gasteiger partial charge in [-0.2, -0.15) is 5.10 Å². The van der Waals surface area contributed by atoms with Crippen LogP contribution in [0.2, 0.25) is 5.02 Å². The second-order valence-corrected chi connectivity index (χ2v) is 11.8. The zero-order valence-corrected chi connectivity index (χ0v) is 22.4. The number of amides is 2. The number of carbonyl (C=O) groups excluding carboxylic acids is 2. The van der Waals surface area contributed by atoms with Gasteiger partial charge in [-0.05, 0) is 36.4 Å². The van der Waals surface area contributed by atoms with Gasteiger partial charge in [0, 0.05) is 34.1 Å². The summed E-state index contributed by atoms with van der Waals surface area (Å²) in [7, 11) is -3.32. The normalized spacial score (nSPS) is 19.1. The van der Waals surface area contributed by atoms with Gasteiger partial charge >= 0.3 is 0 Å². The number of fused-ring (bicyclic) bond motifs is 4. The fraction of sp³-hybridized carbons (Fsp3) is 0.192. The van der Waals surface area contributed by atoms with Gasteiger partial charge in [0.1, 0.15) is 23.2 Å². The number of nitrogens with one attached hydrogen (secondary N) is 1. The molecule has 15 heteroatoms. The summed E-state index contributed by atoms with van der Waals surface area (Å²) in [5, 5.41) is 6.96. The summed E-state index contributed by atoms with van der Waals surface area (Å²) in [6.07, 6.45) is -3.61. The number of rotatable bonds is 5. The topological polar surface area (TPSA) is 127 Å². The lowest BCUT2D eigenvalue weighted by Gasteiger charge is -2.27. The van der Waals surface area contributed by atoms with Crippen LogP contribution in [0.25, 0.3) is 10.9 Å². The first kappa shape index (κ1) is 27.0. The van der Waals surface area contributed by atoms with Crippen molar-refractivity contribution in [1.29, 1.82) is 0 Å². The number of nitrogens with zero attached hydrogens (tertiary/aromatic N) is 3. The molecule has 9 nitrogen and oxygen atoms in total. The Kier molecular flexibility index (Phi) is 6.05. The number of carbonyl (C=O) groups is 2. The lowest BCUT2D eigenvalue weighted by molar-refractivity contribution is -0.119. The summed E-state index contributed by atoms with van der Waals surface area (Å²) in [5.41, 5.74) is 5.03. The van der Waals surface area contributed by atoms with E-state index in [2.05, 4.69) is 10.4 Å². The second kappa shape index (κ2) is 9.17. The smallest absolute Gasteiger partial charge is 0.265 e. The van der Waals surface area contributed by atoms with Crippen LogP contribution in [0.1, 0.15) is 44.8 Å². The summed E-state index contributed by atoms with van der Waals surface area (Å²) < 4.78 is 85.3. The van der Waals surface area contributed by atoms with E-state index in [0.29, 0.717) is 4.31 Å². The van der Waals surface area contributed by atoms with Gasteiger partial charge in [-0.1, -0.05) is 17.7 Å². The van der Waals surface area contributed by atoms with Gasteiger partial charge in [0.15, 0.2) is 0 Å². The molecule has 41 heavy (non-hydrogen) atoms. The van der Waals surface area contributed by atoms with Crippen molar-refractivity contribution in [2.45, 2.75) is 29.8 Å². The average molecular weight is 608 g/mol. The molecule has 0 spiro atoms. The molecule has 3 aromatic carbocycles. The number of hydrogen-bond donors (Lipinski definition) is 2. The molecule has 1 aromatic heterocycles. The molecule has 2 amide bonds. The Morgan fingerprint density at radius 3 is 2.49 bits per heavy atom. The van der Waals surface area contributed by atoms with Gasteiger partial charge in [-0.15, -0.1) is 0 Å². The fourth-order valence-electron chi connectivity index (χ4n) is 5.58. The molecule has 6 rings (SSSR count). The van der Waals surface area contributed by atoms with Crippen molar-refractivity contribution in [3.05, 3.63) is 87.1 Å². The molecule has 0 fully saturated rings. The quantitative estimate of drug-likeness (QED) is 0.333. The number of anilines is 1. The summed E-state index contributed by atoms with van der Waals surface area (Å²) in [6.45, 7) is 0. The van der Waals surface area contributed by atoms with Crippen LogP contribution in [-0.2, 0) is 28.3 Å². The zero-order chi connectivity index (χ0) is 29.5. The van der Waals surface area contributed by atoms with Crippen LogP contribution in [-0.4, -0.2) is 36.4 Å². The van der Waals surface area contributed by atoms with E-state index in [-0.39, 0.29) is 49.6 Å². The largest absolute Gasteiger partial charge is 0.368 e. The predicted molar refractivity (Wildman–Crippen MR) is 139 cm³/mol. The number of benzene rings is 3. The number of aryl methyl sites for hydroxylation is 1. The zero-order valence-electron chi connectivity index (χ0n) is 20.8. The first-order chi connectivity index (χ1) is 19.3. The minimum absolute atomic E-state index is 0.0169. The molecular weight excluding hydrogens is 590 g/mol. The number of nitrogens with two attached hydrogens (primary N) is 1. The number of aromatic nitrogens is 2. The Balaban J connectivity index is 1.74. The lowest BCUT2D eigenvalue weighted by Crippen LogP contribution is -2.37. The average Bonchev–Trinajstić information content (AvgIpc) is 3.47. The molecule has 2 aliphatic heterocycles. The Morgan fingerprint density at radius 2 is 1.80 bits per heavy atom. The highest BCUT2D eigenvalue weighted by Gasteiger charge is 2.49. The van der Waals surface area contributed by atoms with E-state index in [1.807, 2.05) is 0 Å². The van der Waals surface area contributed by atoms with Crippen molar-refractivity contribution in [3.8, 4) is 0 Å². The van der Waals surface area contributed by atoms with Crippen molar-refractivity contribution < 1.29 is 35.6 Å². The van der Waals surface area contributed by atoms with E-state index in [4.69, 9.17) is 17.3 Å². The first-order valence-corrected chi connectivity index (χ1v) is 13.8. The maximum Gasteiger partial charge on any atom is 0.265 e. The van der Waals surface area contributed by atoms with Crippen molar-refractivity contribution in [2.75, 3.05) is 4.31 Å². The van der Waals surface area contributed by atoms with Gasteiger partial charge in [0.2, 0.25) is 12.3 Å². The Hall–Kier alpha value is -4.17. The van der Waals surface area contributed by atoms with Crippen molar-refractivity contribution >= 4 is 50.0 Å². The van der Waals surface area contributed by atoms with E-state index < -0.39 is 63.3 Å². The molecule has 2 atom stereocenters. The molecule has 2 aliphatic rings. The van der Waals surface area contributed by atoms with Gasteiger partial charge in [0.25, 0.3) is 15.9 Å². The minimum atomic E-state index is -4.71. The second-order valence-electron chi connectivity index (χ2n) is 9.61. The highest BCUT2D eigenvalue weighted by atomic mass is 35.5. The van der Waals surface area contributed by atoms with Gasteiger partial charge in [-0.3, -0.25) is 14.3 Å². The van der Waals surface area contributed by atoms with E-state index >= 15 is 0 Å². The van der Waals surface area contributed by atoms with E-state index in [9.17, 15) is 35.6 Å². The van der Waals surface area contributed by atoms with Crippen LogP contribution < -0.4 is 15.4 Å². The Bertz CT molecular complexity index is 1930. The van der Waals surface area contributed by atoms with E-state index in [1.54, 1.807) is 0 Å². The maximum atomic E-state index is 14.4. The predicted octanol–water partition coefficient (Wildman–Crippen LogP) is 3.88. The molecule has 0 saturated heterocycles. The van der Waals surface area contributed by atoms with Crippen molar-refractivity contribution in [3.63, 3.8) is 0 Å². The van der Waals surface area contributed by atoms with Crippen LogP contribution in [0, 0.1) is 11.6 Å². The maximum absolute atomic E-state index is 14.4. The molecule has 3 heterocycles. The summed E-state index contributed by atoms with van der Waals surface area (Å²) in [5.74, 6) is -3.50. The highest BCUT2D eigenvalue weighted by molar-refractivity contribution is 7.93. The fourth-order valence-corrected chi connectivity index (χ4v) is 7.67. The third-order valence-corrected chi connectivity index (χ3v) is 9.41. The van der Waals surface area contributed by atoms with E-state index in [1.165, 1.54) is 19.2 Å². The van der Waals surface area contributed by atoms with E-state index in [0.717, 1.165) is 35.0 Å². The third kappa shape index (κ3) is 3.95. The third-order valence-electron chi connectivity index (χ3n) is 7.23. The van der Waals surface area contributed by atoms with Crippen LogP contribution in [0.4, 0.5) is 23.2 Å². The standard InChI is InChI=1S/C26H18ClF4N5O4S/c1-35-16(9-19(30)31)14-8-17(36-24(25(32)37)12-4-2-11(29)7-18(12)41(36,39)40)20-21(23(14)34-35)26(38)33-22(20)13-6-10(28)3-5-15(13)27/h2-8,19,22,24H,9H2,1H3,(H2,32,37)(H,33,38). The van der Waals surface area contributed by atoms with Crippen LogP contribution in [0.5, 0.6) is 0 Å². The first-order valence-electron chi connectivity index (χ1n) is 12.0. The molecule has 0 radical (unpaired) electrons. The van der Waals surface area contributed by atoms with Gasteiger partial charge in [0.05, 0.1) is 34.3 Å². The minimum Gasteiger partial charge on any atom is -0.368 e. The van der Waals surface area contributed by atoms with Gasteiger partial charge in [-0.25, -0.2) is 30.3 Å². The number of alkyl halides is 2. The Morgan fingerprint density at radius 1 is 1.12 bits per heavy atom. The monoisotopic (exact) mass is 607 g/mol. The molecule has 2 unspecified atom stereocenters. The SMILES string of the molecule is Cn1nc2c3c(c(N4C(C(N)=O)c5ccc(F)cc5S4(=O)=O)cc2c1CC(F)F)C(c1cc(F)ccc1Cl)NC3=O. The van der Waals surface area contributed by atoms with Gasteiger partial charge < -0.3 is 11.1 Å². The number of hydrogen-bond acceptors (Lipinski definition) is 5. The van der Waals surface area contributed by atoms with Crippen LogP contribution >= 0.6 is 11.6 Å². The number of primary amides is 1. The molecule has 212 valence electrons. The molecular formula is C26H18ClF4N5O4S. The molecule has 0 aliphatic carbocycles. The summed E-state index contributed by atoms with van der Waals surface area (Å²) >= 11 is 6.36. The van der Waals surface area contributed by atoms with Crippen LogP contribution in [0.3, 0.4) is 0 Å². The Labute approximate surface area is 234 Å². The van der Waals surface area contributed by atoms with Crippen LogP contribution in [0.15, 0.2) is 47.4 Å². The van der Waals surface area contributed by atoms with Crippen molar-refractivity contribution in [2.24, 2.45) is 12.8 Å². The molecule has 4 aromatic rings. The molecule has 3 N–H and O–H groups in total. The summed E-state index contributed by atoms with van der Waals surface area (Å²) in [6, 6.07) is 4.46. The lowest BCUT2D eigenvalue weighted by atomic mass is 9.93.